The molecule has 142 valence electrons. The third-order valence-electron chi connectivity index (χ3n) is 4.57. The minimum Gasteiger partial charge on any atom is -0.357 e. The summed E-state index contributed by atoms with van der Waals surface area (Å²) in [5.41, 5.74) is 2.33. The second kappa shape index (κ2) is 9.20. The maximum atomic E-state index is 12.8. The van der Waals surface area contributed by atoms with E-state index in [2.05, 4.69) is 10.6 Å². The van der Waals surface area contributed by atoms with Gasteiger partial charge < -0.3 is 10.6 Å². The lowest BCUT2D eigenvalue weighted by molar-refractivity contribution is -0.122. The molecule has 3 aromatic carbocycles. The predicted octanol–water partition coefficient (Wildman–Crippen LogP) is 4.02. The van der Waals surface area contributed by atoms with Crippen molar-refractivity contribution in [2.75, 3.05) is 7.05 Å². The van der Waals surface area contributed by atoms with Crippen LogP contribution in [-0.4, -0.2) is 24.9 Å². The molecule has 0 unspecified atom stereocenters. The highest BCUT2D eigenvalue weighted by atomic mass is 35.5. The molecule has 3 aromatic rings. The van der Waals surface area contributed by atoms with Crippen LogP contribution < -0.4 is 10.6 Å². The summed E-state index contributed by atoms with van der Waals surface area (Å²) in [4.78, 5) is 25.6. The number of hydrogen-bond acceptors (Lipinski definition) is 2. The number of halogens is 1. The molecule has 2 amide bonds. The standard InChI is InChI=1S/C23H21ClN2O2/c1-25-23(28)21(26-22(27)18-12-14-19(24)15-13-18)20(16-8-4-2-5-9-16)17-10-6-3-7-11-17/h2-15,20-21H,1H3,(H,25,28)(H,26,27)/t21-/m0/s1. The van der Waals surface area contributed by atoms with Crippen LogP contribution in [0.1, 0.15) is 27.4 Å². The molecular weight excluding hydrogens is 372 g/mol. The van der Waals surface area contributed by atoms with Gasteiger partial charge >= 0.3 is 0 Å². The molecule has 0 aromatic heterocycles. The Morgan fingerprint density at radius 2 is 1.29 bits per heavy atom. The first-order chi connectivity index (χ1) is 13.6. The fraction of sp³-hybridized carbons (Fsp3) is 0.130. The Balaban J connectivity index is 2.00. The number of carbonyl (C=O) groups excluding carboxylic acids is 2. The van der Waals surface area contributed by atoms with Crippen LogP contribution in [0.2, 0.25) is 5.02 Å². The zero-order valence-corrected chi connectivity index (χ0v) is 16.2. The first-order valence-corrected chi connectivity index (χ1v) is 9.36. The number of rotatable bonds is 6. The molecule has 5 heteroatoms. The highest BCUT2D eigenvalue weighted by Crippen LogP contribution is 2.28. The second-order valence-electron chi connectivity index (χ2n) is 6.37. The molecule has 0 saturated heterocycles. The van der Waals surface area contributed by atoms with Crippen LogP contribution in [0.15, 0.2) is 84.9 Å². The van der Waals surface area contributed by atoms with Crippen molar-refractivity contribution in [3.63, 3.8) is 0 Å². The minimum atomic E-state index is -0.780. The van der Waals surface area contributed by atoms with Crippen molar-refractivity contribution in [1.82, 2.24) is 10.6 Å². The zero-order chi connectivity index (χ0) is 19.9. The smallest absolute Gasteiger partial charge is 0.251 e. The van der Waals surface area contributed by atoms with E-state index in [0.717, 1.165) is 11.1 Å². The molecule has 1 atom stereocenters. The van der Waals surface area contributed by atoms with Crippen LogP contribution in [0.25, 0.3) is 0 Å². The summed E-state index contributed by atoms with van der Waals surface area (Å²) in [5, 5.41) is 6.13. The van der Waals surface area contributed by atoms with Crippen molar-refractivity contribution in [2.45, 2.75) is 12.0 Å². The molecule has 0 aliphatic carbocycles. The molecule has 2 N–H and O–H groups in total. The topological polar surface area (TPSA) is 58.2 Å². The molecule has 0 fully saturated rings. The third-order valence-corrected chi connectivity index (χ3v) is 4.82. The molecule has 3 rings (SSSR count). The number of nitrogens with one attached hydrogen (secondary N) is 2. The van der Waals surface area contributed by atoms with Crippen molar-refractivity contribution in [2.24, 2.45) is 0 Å². The molecule has 0 aliphatic rings. The van der Waals surface area contributed by atoms with Gasteiger partial charge in [0.1, 0.15) is 6.04 Å². The lowest BCUT2D eigenvalue weighted by Crippen LogP contribution is -2.49. The van der Waals surface area contributed by atoms with E-state index in [1.54, 1.807) is 31.3 Å². The van der Waals surface area contributed by atoms with E-state index in [-0.39, 0.29) is 17.7 Å². The predicted molar refractivity (Wildman–Crippen MR) is 111 cm³/mol. The van der Waals surface area contributed by atoms with E-state index >= 15 is 0 Å². The lowest BCUT2D eigenvalue weighted by Gasteiger charge is -2.28. The fourth-order valence-corrected chi connectivity index (χ4v) is 3.31. The number of carbonyl (C=O) groups is 2. The van der Waals surface area contributed by atoms with Crippen LogP contribution in [0.4, 0.5) is 0 Å². The first-order valence-electron chi connectivity index (χ1n) is 8.98. The molecule has 0 radical (unpaired) electrons. The Kier molecular flexibility index (Phi) is 6.45. The summed E-state index contributed by atoms with van der Waals surface area (Å²) in [6, 6.07) is 25.2. The van der Waals surface area contributed by atoms with Gasteiger partial charge in [-0.25, -0.2) is 0 Å². The highest BCUT2D eigenvalue weighted by molar-refractivity contribution is 6.30. The van der Waals surface area contributed by atoms with Gasteiger partial charge in [-0.1, -0.05) is 72.3 Å². The third kappa shape index (κ3) is 4.59. The Bertz CT molecular complexity index is 888. The van der Waals surface area contributed by atoms with Gasteiger partial charge in [0.2, 0.25) is 5.91 Å². The van der Waals surface area contributed by atoms with Gasteiger partial charge in [0.15, 0.2) is 0 Å². The fourth-order valence-electron chi connectivity index (χ4n) is 3.18. The maximum Gasteiger partial charge on any atom is 0.251 e. The van der Waals surface area contributed by atoms with Gasteiger partial charge in [-0.3, -0.25) is 9.59 Å². The zero-order valence-electron chi connectivity index (χ0n) is 15.4. The first kappa shape index (κ1) is 19.6. The Hall–Kier alpha value is -3.11. The summed E-state index contributed by atoms with van der Waals surface area (Å²) < 4.78 is 0. The van der Waals surface area contributed by atoms with Gasteiger partial charge in [0.25, 0.3) is 5.91 Å². The minimum absolute atomic E-state index is 0.264. The molecule has 0 saturated carbocycles. The van der Waals surface area contributed by atoms with E-state index in [1.165, 1.54) is 0 Å². The van der Waals surface area contributed by atoms with Crippen molar-refractivity contribution in [1.29, 1.82) is 0 Å². The quantitative estimate of drug-likeness (QED) is 0.665. The molecule has 28 heavy (non-hydrogen) atoms. The van der Waals surface area contributed by atoms with Crippen LogP contribution in [0, 0.1) is 0 Å². The average molecular weight is 393 g/mol. The average Bonchev–Trinajstić information content (AvgIpc) is 2.74. The molecule has 0 heterocycles. The van der Waals surface area contributed by atoms with Gasteiger partial charge in [0.05, 0.1) is 0 Å². The van der Waals surface area contributed by atoms with Gasteiger partial charge in [-0.05, 0) is 35.4 Å². The number of hydrogen-bond donors (Lipinski definition) is 2. The van der Waals surface area contributed by atoms with Crippen LogP contribution in [0.5, 0.6) is 0 Å². The summed E-state index contributed by atoms with van der Waals surface area (Å²) >= 11 is 5.91. The molecule has 0 spiro atoms. The Morgan fingerprint density at radius 3 is 1.75 bits per heavy atom. The SMILES string of the molecule is CNC(=O)[C@@H](NC(=O)c1ccc(Cl)cc1)C(c1ccccc1)c1ccccc1. The Morgan fingerprint density at radius 1 is 0.786 bits per heavy atom. The maximum absolute atomic E-state index is 12.8. The van der Waals surface area contributed by atoms with Crippen molar-refractivity contribution < 1.29 is 9.59 Å². The van der Waals surface area contributed by atoms with E-state index in [9.17, 15) is 9.59 Å². The largest absolute Gasteiger partial charge is 0.357 e. The number of benzene rings is 3. The monoisotopic (exact) mass is 392 g/mol. The van der Waals surface area contributed by atoms with Crippen LogP contribution >= 0.6 is 11.6 Å². The highest BCUT2D eigenvalue weighted by Gasteiger charge is 2.32. The summed E-state index contributed by atoms with van der Waals surface area (Å²) in [7, 11) is 1.57. The summed E-state index contributed by atoms with van der Waals surface area (Å²) in [5.74, 6) is -0.930. The van der Waals surface area contributed by atoms with Crippen molar-refractivity contribution >= 4 is 23.4 Å². The van der Waals surface area contributed by atoms with Crippen LogP contribution in [0.3, 0.4) is 0 Å². The normalized spacial score (nSPS) is 11.7. The molecule has 4 nitrogen and oxygen atoms in total. The van der Waals surface area contributed by atoms with E-state index in [0.29, 0.717) is 10.6 Å². The van der Waals surface area contributed by atoms with E-state index < -0.39 is 6.04 Å². The summed E-state index contributed by atoms with van der Waals surface area (Å²) in [6.45, 7) is 0. The molecular formula is C23H21ClN2O2. The Labute approximate surface area is 169 Å². The molecule has 0 aliphatic heterocycles. The number of amides is 2. The second-order valence-corrected chi connectivity index (χ2v) is 6.81. The van der Waals surface area contributed by atoms with E-state index in [4.69, 9.17) is 11.6 Å². The van der Waals surface area contributed by atoms with Crippen LogP contribution in [-0.2, 0) is 4.79 Å². The summed E-state index contributed by atoms with van der Waals surface area (Å²) in [6.07, 6.45) is 0. The van der Waals surface area contributed by atoms with Gasteiger partial charge in [0, 0.05) is 23.6 Å². The van der Waals surface area contributed by atoms with Crippen molar-refractivity contribution in [3.8, 4) is 0 Å². The molecule has 0 bridgehead atoms. The van der Waals surface area contributed by atoms with Gasteiger partial charge in [-0.2, -0.15) is 0 Å². The number of likely N-dealkylation sites (N-methyl/N-ethyl adjacent to an activating group) is 1. The van der Waals surface area contributed by atoms with E-state index in [1.807, 2.05) is 60.7 Å². The lowest BCUT2D eigenvalue weighted by atomic mass is 9.84. The van der Waals surface area contributed by atoms with Crippen molar-refractivity contribution in [3.05, 3.63) is 107 Å². The van der Waals surface area contributed by atoms with Gasteiger partial charge in [-0.15, -0.1) is 0 Å².